The molecule has 0 radical (unpaired) electrons. The summed E-state index contributed by atoms with van der Waals surface area (Å²) in [5.41, 5.74) is 2.30. The second kappa shape index (κ2) is 14.1. The van der Waals surface area contributed by atoms with Crippen molar-refractivity contribution in [2.75, 3.05) is 23.3 Å². The Morgan fingerprint density at radius 1 is 1.07 bits per heavy atom. The standard InChI is InChI=1S/C36H52N4O4/c1-8-12-17-24(9-2)34(43)37-28-22-25(39(10-3)11-4)19-20-26(28)29-32(41)31(33(29)42)30-27(21-18-23-15-13-14-16-23)38-40(35(30)44)36(5,6)7/h19-20,22-24,41H,8-18,21H2,1-7H3,(H,37,43)/b31-30+. The number of amides is 2. The van der Waals surface area contributed by atoms with Crippen LogP contribution in [0.2, 0.25) is 0 Å². The lowest BCUT2D eigenvalue weighted by atomic mass is 9.78. The van der Waals surface area contributed by atoms with Crippen molar-refractivity contribution in [2.45, 2.75) is 118 Å². The molecule has 1 atom stereocenters. The Labute approximate surface area is 263 Å². The molecular formula is C36H52N4O4. The van der Waals surface area contributed by atoms with E-state index in [-0.39, 0.29) is 46.0 Å². The molecule has 2 amide bonds. The summed E-state index contributed by atoms with van der Waals surface area (Å²) in [7, 11) is 0. The first-order valence-corrected chi connectivity index (χ1v) is 16.8. The Hall–Kier alpha value is -3.42. The summed E-state index contributed by atoms with van der Waals surface area (Å²) < 4.78 is 0. The average molecular weight is 605 g/mol. The van der Waals surface area contributed by atoms with Crippen molar-refractivity contribution in [2.24, 2.45) is 16.9 Å². The predicted octanol–water partition coefficient (Wildman–Crippen LogP) is 7.80. The molecule has 0 bridgehead atoms. The van der Waals surface area contributed by atoms with E-state index >= 15 is 0 Å². The Bertz CT molecular complexity index is 1360. The van der Waals surface area contributed by atoms with Gasteiger partial charge in [-0.1, -0.05) is 52.4 Å². The lowest BCUT2D eigenvalue weighted by Gasteiger charge is -2.29. The number of Topliss-reactive ketones (excluding diaryl/α,β-unsaturated/α-hetero) is 1. The number of rotatable bonds is 13. The first-order chi connectivity index (χ1) is 21.0. The molecule has 1 saturated carbocycles. The van der Waals surface area contributed by atoms with Crippen LogP contribution in [-0.2, 0) is 14.4 Å². The molecule has 0 spiro atoms. The number of nitrogens with one attached hydrogen (secondary N) is 1. The summed E-state index contributed by atoms with van der Waals surface area (Å²) in [6.45, 7) is 15.6. The van der Waals surface area contributed by atoms with Crippen molar-refractivity contribution in [1.29, 1.82) is 0 Å². The highest BCUT2D eigenvalue weighted by molar-refractivity contribution is 6.44. The van der Waals surface area contributed by atoms with Crippen LogP contribution in [-0.4, -0.2) is 52.1 Å². The number of ketones is 1. The predicted molar refractivity (Wildman–Crippen MR) is 179 cm³/mol. The summed E-state index contributed by atoms with van der Waals surface area (Å²) in [5.74, 6) is -0.571. The van der Waals surface area contributed by atoms with Crippen molar-refractivity contribution >= 4 is 40.3 Å². The van der Waals surface area contributed by atoms with E-state index in [1.54, 1.807) is 6.07 Å². The van der Waals surface area contributed by atoms with E-state index in [4.69, 9.17) is 5.10 Å². The zero-order valence-electron chi connectivity index (χ0n) is 27.9. The van der Waals surface area contributed by atoms with Gasteiger partial charge in [-0.3, -0.25) is 14.4 Å². The van der Waals surface area contributed by atoms with Crippen molar-refractivity contribution in [3.05, 3.63) is 40.7 Å². The maximum absolute atomic E-state index is 13.9. The molecular weight excluding hydrogens is 552 g/mol. The van der Waals surface area contributed by atoms with Crippen LogP contribution < -0.4 is 10.2 Å². The van der Waals surface area contributed by atoms with Gasteiger partial charge in [0.1, 0.15) is 5.76 Å². The van der Waals surface area contributed by atoms with Gasteiger partial charge in [0.2, 0.25) is 11.7 Å². The highest BCUT2D eigenvalue weighted by atomic mass is 16.3. The fourth-order valence-electron chi connectivity index (χ4n) is 6.70. The first kappa shape index (κ1) is 33.5. The van der Waals surface area contributed by atoms with Crippen LogP contribution in [0, 0.1) is 11.8 Å². The molecule has 44 heavy (non-hydrogen) atoms. The minimum absolute atomic E-state index is 0.0430. The van der Waals surface area contributed by atoms with Gasteiger partial charge in [0.05, 0.1) is 33.7 Å². The Kier molecular flexibility index (Phi) is 10.7. The molecule has 1 fully saturated rings. The van der Waals surface area contributed by atoms with E-state index in [0.29, 0.717) is 29.3 Å². The fraction of sp³-hybridized carbons (Fsp3) is 0.611. The van der Waals surface area contributed by atoms with E-state index < -0.39 is 5.54 Å². The molecule has 1 heterocycles. The minimum atomic E-state index is -0.571. The second-order valence-electron chi connectivity index (χ2n) is 13.5. The minimum Gasteiger partial charge on any atom is -0.506 e. The van der Waals surface area contributed by atoms with Gasteiger partial charge in [0.25, 0.3) is 5.91 Å². The normalized spacial score (nSPS) is 19.9. The molecule has 1 unspecified atom stereocenters. The van der Waals surface area contributed by atoms with Gasteiger partial charge in [0.15, 0.2) is 0 Å². The number of carbonyl (C=O) groups is 3. The maximum Gasteiger partial charge on any atom is 0.277 e. The number of allylic oxidation sites excluding steroid dienone is 2. The molecule has 0 aromatic heterocycles. The number of nitrogens with zero attached hydrogens (tertiary/aromatic N) is 3. The third-order valence-corrected chi connectivity index (χ3v) is 9.42. The van der Waals surface area contributed by atoms with Gasteiger partial charge >= 0.3 is 0 Å². The van der Waals surface area contributed by atoms with Crippen molar-refractivity contribution < 1.29 is 19.5 Å². The quantitative estimate of drug-likeness (QED) is 0.224. The van der Waals surface area contributed by atoms with Gasteiger partial charge in [-0.2, -0.15) is 5.10 Å². The number of aliphatic hydroxyl groups is 1. The van der Waals surface area contributed by atoms with Crippen LogP contribution in [0.1, 0.15) is 118 Å². The summed E-state index contributed by atoms with van der Waals surface area (Å²) in [6.07, 6.45) is 9.80. The maximum atomic E-state index is 13.9. The number of unbranched alkanes of at least 4 members (excludes halogenated alkanes) is 1. The van der Waals surface area contributed by atoms with Gasteiger partial charge < -0.3 is 15.3 Å². The largest absolute Gasteiger partial charge is 0.506 e. The molecule has 3 aliphatic rings. The number of hydrogen-bond acceptors (Lipinski definition) is 6. The topological polar surface area (TPSA) is 102 Å². The lowest BCUT2D eigenvalue weighted by molar-refractivity contribution is -0.130. The molecule has 8 heteroatoms. The number of benzene rings is 1. The van der Waals surface area contributed by atoms with E-state index in [1.165, 1.54) is 30.7 Å². The average Bonchev–Trinajstić information content (AvgIpc) is 3.62. The molecule has 240 valence electrons. The van der Waals surface area contributed by atoms with Crippen molar-refractivity contribution in [1.82, 2.24) is 5.01 Å². The number of hydrazone groups is 1. The molecule has 8 nitrogen and oxygen atoms in total. The Morgan fingerprint density at radius 3 is 2.32 bits per heavy atom. The van der Waals surface area contributed by atoms with Gasteiger partial charge in [0, 0.05) is 30.3 Å². The zero-order valence-corrected chi connectivity index (χ0v) is 27.9. The molecule has 4 rings (SSSR count). The van der Waals surface area contributed by atoms with Crippen LogP contribution in [0.4, 0.5) is 11.4 Å². The van der Waals surface area contributed by atoms with Crippen LogP contribution in [0.5, 0.6) is 0 Å². The highest BCUT2D eigenvalue weighted by Crippen LogP contribution is 2.44. The lowest BCUT2D eigenvalue weighted by Crippen LogP contribution is -2.40. The Morgan fingerprint density at radius 2 is 1.75 bits per heavy atom. The summed E-state index contributed by atoms with van der Waals surface area (Å²) in [6, 6.07) is 5.61. The second-order valence-corrected chi connectivity index (χ2v) is 13.5. The van der Waals surface area contributed by atoms with Gasteiger partial charge in [-0.15, -0.1) is 0 Å². The van der Waals surface area contributed by atoms with Crippen LogP contribution in [0.3, 0.4) is 0 Å². The van der Waals surface area contributed by atoms with E-state index in [9.17, 15) is 19.5 Å². The highest BCUT2D eigenvalue weighted by Gasteiger charge is 2.46. The molecule has 1 aromatic rings. The monoisotopic (exact) mass is 604 g/mol. The zero-order chi connectivity index (χ0) is 32.2. The molecule has 1 aromatic carbocycles. The van der Waals surface area contributed by atoms with Gasteiger partial charge in [-0.05, 0) is 84.4 Å². The summed E-state index contributed by atoms with van der Waals surface area (Å²) in [5, 5.41) is 20.8. The molecule has 2 aliphatic carbocycles. The third-order valence-electron chi connectivity index (χ3n) is 9.42. The van der Waals surface area contributed by atoms with E-state index in [1.807, 2.05) is 39.8 Å². The van der Waals surface area contributed by atoms with Crippen molar-refractivity contribution in [3.63, 3.8) is 0 Å². The van der Waals surface area contributed by atoms with Gasteiger partial charge in [-0.25, -0.2) is 5.01 Å². The summed E-state index contributed by atoms with van der Waals surface area (Å²) in [4.78, 5) is 43.3. The number of carbonyl (C=O) groups excluding carboxylic acids is 3. The van der Waals surface area contributed by atoms with E-state index in [0.717, 1.165) is 50.9 Å². The number of hydrogen-bond donors (Lipinski definition) is 2. The third kappa shape index (κ3) is 6.79. The van der Waals surface area contributed by atoms with Crippen LogP contribution in [0.15, 0.2) is 40.2 Å². The smallest absolute Gasteiger partial charge is 0.277 e. The fourth-order valence-corrected chi connectivity index (χ4v) is 6.70. The molecule has 1 aliphatic heterocycles. The van der Waals surface area contributed by atoms with Crippen LogP contribution >= 0.6 is 0 Å². The molecule has 2 N–H and O–H groups in total. The van der Waals surface area contributed by atoms with Crippen molar-refractivity contribution in [3.8, 4) is 0 Å². The first-order valence-electron chi connectivity index (χ1n) is 16.8. The van der Waals surface area contributed by atoms with E-state index in [2.05, 4.69) is 31.0 Å². The molecule has 0 saturated heterocycles. The Balaban J connectivity index is 1.76. The number of aliphatic hydroxyl groups excluding tert-OH is 1. The SMILES string of the molecule is CCCCC(CC)C(=O)Nc1cc(N(CC)CC)ccc1C1=C(O)/C(=C2\C(=O)N(C(C)(C)C)N=C2CCC2CCCC2)C1=O. The van der Waals surface area contributed by atoms with Crippen LogP contribution in [0.25, 0.3) is 5.57 Å². The summed E-state index contributed by atoms with van der Waals surface area (Å²) >= 11 is 0. The number of anilines is 2.